The van der Waals surface area contributed by atoms with Crippen molar-refractivity contribution in [1.29, 1.82) is 0 Å². The molecule has 0 aliphatic heterocycles. The van der Waals surface area contributed by atoms with Crippen LogP contribution in [0.5, 0.6) is 5.75 Å². The highest BCUT2D eigenvalue weighted by Gasteiger charge is 2.33. The van der Waals surface area contributed by atoms with Crippen LogP contribution in [-0.2, 0) is 20.7 Å². The van der Waals surface area contributed by atoms with Gasteiger partial charge >= 0.3 is 12.1 Å². The highest BCUT2D eigenvalue weighted by atomic mass is 35.5. The van der Waals surface area contributed by atoms with Crippen LogP contribution < -0.4 is 10.1 Å². The fraction of sp³-hybridized carbons (Fsp3) is 0.318. The molecular weight excluding hydrogens is 426 g/mol. The Bertz CT molecular complexity index is 910. The van der Waals surface area contributed by atoms with E-state index < -0.39 is 24.0 Å². The van der Waals surface area contributed by atoms with Gasteiger partial charge in [0, 0.05) is 24.1 Å². The quantitative estimate of drug-likeness (QED) is 0.438. The van der Waals surface area contributed by atoms with Gasteiger partial charge in [-0.05, 0) is 62.2 Å². The Balaban J connectivity index is 1.83. The summed E-state index contributed by atoms with van der Waals surface area (Å²) in [7, 11) is 0. The van der Waals surface area contributed by atoms with Gasteiger partial charge in [0.25, 0.3) is 5.91 Å². The number of amides is 1. The van der Waals surface area contributed by atoms with Gasteiger partial charge in [-0.15, -0.1) is 0 Å². The van der Waals surface area contributed by atoms with Gasteiger partial charge in [-0.25, -0.2) is 9.59 Å². The molecule has 31 heavy (non-hydrogen) atoms. The SMILES string of the molecule is CC(OC(=O)O)OC(=O)C(C)(C)Oc1ccc(CCNC(=O)c2ccc(Cl)cc2)cc1. The molecule has 2 N–H and O–H groups in total. The van der Waals surface area contributed by atoms with Gasteiger partial charge in [0.15, 0.2) is 5.60 Å². The van der Waals surface area contributed by atoms with Crippen LogP contribution in [0.3, 0.4) is 0 Å². The highest BCUT2D eigenvalue weighted by Crippen LogP contribution is 2.21. The second kappa shape index (κ2) is 10.7. The zero-order chi connectivity index (χ0) is 23.0. The molecule has 0 heterocycles. The van der Waals surface area contributed by atoms with Gasteiger partial charge in [-0.1, -0.05) is 23.7 Å². The van der Waals surface area contributed by atoms with E-state index >= 15 is 0 Å². The fourth-order valence-corrected chi connectivity index (χ4v) is 2.67. The average Bonchev–Trinajstić information content (AvgIpc) is 2.68. The van der Waals surface area contributed by atoms with Gasteiger partial charge in [0.05, 0.1) is 0 Å². The van der Waals surface area contributed by atoms with E-state index in [-0.39, 0.29) is 5.91 Å². The molecule has 166 valence electrons. The summed E-state index contributed by atoms with van der Waals surface area (Å²) in [6, 6.07) is 13.7. The van der Waals surface area contributed by atoms with Crippen molar-refractivity contribution in [2.24, 2.45) is 0 Å². The molecule has 0 fully saturated rings. The number of hydrogen-bond donors (Lipinski definition) is 2. The number of benzene rings is 2. The first-order valence-electron chi connectivity index (χ1n) is 9.49. The second-order valence-electron chi connectivity index (χ2n) is 7.13. The molecule has 1 amide bonds. The van der Waals surface area contributed by atoms with Gasteiger partial charge < -0.3 is 24.6 Å². The molecule has 0 aromatic heterocycles. The number of ether oxygens (including phenoxy) is 3. The second-order valence-corrected chi connectivity index (χ2v) is 7.56. The summed E-state index contributed by atoms with van der Waals surface area (Å²) in [4.78, 5) is 34.8. The maximum atomic E-state index is 12.2. The predicted molar refractivity (Wildman–Crippen MR) is 113 cm³/mol. The van der Waals surface area contributed by atoms with Crippen molar-refractivity contribution in [2.45, 2.75) is 39.1 Å². The molecule has 0 radical (unpaired) electrons. The lowest BCUT2D eigenvalue weighted by molar-refractivity contribution is -0.182. The van der Waals surface area contributed by atoms with E-state index in [4.69, 9.17) is 26.2 Å². The standard InChI is InChI=1S/C22H24ClNO7/c1-14(30-21(27)28)29-20(26)22(2,3)31-18-10-4-15(5-11-18)12-13-24-19(25)16-6-8-17(23)9-7-16/h4-11,14H,12-13H2,1-3H3,(H,24,25)(H,27,28). The summed E-state index contributed by atoms with van der Waals surface area (Å²) in [6.45, 7) is 4.75. The topological polar surface area (TPSA) is 111 Å². The number of esters is 1. The zero-order valence-electron chi connectivity index (χ0n) is 17.4. The van der Waals surface area contributed by atoms with Crippen LogP contribution in [0.25, 0.3) is 0 Å². The molecule has 1 atom stereocenters. The van der Waals surface area contributed by atoms with Crippen LogP contribution in [0.2, 0.25) is 5.02 Å². The van der Waals surface area contributed by atoms with Crippen LogP contribution in [0, 0.1) is 0 Å². The molecule has 0 bridgehead atoms. The molecule has 0 spiro atoms. The summed E-state index contributed by atoms with van der Waals surface area (Å²) < 4.78 is 15.0. The highest BCUT2D eigenvalue weighted by molar-refractivity contribution is 6.30. The fourth-order valence-electron chi connectivity index (χ4n) is 2.54. The van der Waals surface area contributed by atoms with Crippen molar-refractivity contribution in [1.82, 2.24) is 5.32 Å². The van der Waals surface area contributed by atoms with Gasteiger partial charge in [-0.3, -0.25) is 4.79 Å². The number of nitrogens with one attached hydrogen (secondary N) is 1. The summed E-state index contributed by atoms with van der Waals surface area (Å²) in [5.41, 5.74) is 0.141. The summed E-state index contributed by atoms with van der Waals surface area (Å²) >= 11 is 5.82. The largest absolute Gasteiger partial charge is 0.508 e. The summed E-state index contributed by atoms with van der Waals surface area (Å²) in [5, 5.41) is 12.0. The molecule has 8 nitrogen and oxygen atoms in total. The van der Waals surface area contributed by atoms with Gasteiger partial charge in [0.1, 0.15) is 5.75 Å². The first-order chi connectivity index (χ1) is 14.6. The van der Waals surface area contributed by atoms with Crippen molar-refractivity contribution in [3.05, 3.63) is 64.7 Å². The number of carbonyl (C=O) groups is 3. The molecule has 0 saturated carbocycles. The van der Waals surface area contributed by atoms with Gasteiger partial charge in [-0.2, -0.15) is 0 Å². The maximum Gasteiger partial charge on any atom is 0.508 e. The van der Waals surface area contributed by atoms with Crippen LogP contribution in [-0.4, -0.2) is 41.6 Å². The van der Waals surface area contributed by atoms with Crippen molar-refractivity contribution in [3.8, 4) is 5.75 Å². The lowest BCUT2D eigenvalue weighted by Crippen LogP contribution is -2.41. The van der Waals surface area contributed by atoms with Gasteiger partial charge in [0.2, 0.25) is 6.29 Å². The van der Waals surface area contributed by atoms with Crippen molar-refractivity contribution in [2.75, 3.05) is 6.54 Å². The van der Waals surface area contributed by atoms with E-state index in [1.54, 1.807) is 36.4 Å². The molecule has 0 aliphatic rings. The normalized spacial score (nSPS) is 11.9. The summed E-state index contributed by atoms with van der Waals surface area (Å²) in [5.74, 6) is -0.518. The Kier molecular flexibility index (Phi) is 8.27. The number of carbonyl (C=O) groups excluding carboxylic acids is 2. The number of halogens is 1. The maximum absolute atomic E-state index is 12.2. The van der Waals surface area contributed by atoms with Crippen LogP contribution in [0.15, 0.2) is 48.5 Å². The van der Waals surface area contributed by atoms with Crippen LogP contribution in [0.4, 0.5) is 4.79 Å². The molecule has 0 aliphatic carbocycles. The summed E-state index contributed by atoms with van der Waals surface area (Å²) in [6.07, 6.45) is -2.19. The third-order valence-corrected chi connectivity index (χ3v) is 4.39. The third kappa shape index (κ3) is 7.82. The first-order valence-corrected chi connectivity index (χ1v) is 9.87. The van der Waals surface area contributed by atoms with E-state index in [0.717, 1.165) is 5.56 Å². The van der Waals surface area contributed by atoms with Crippen molar-refractivity contribution < 1.29 is 33.7 Å². The average molecular weight is 450 g/mol. The number of carboxylic acid groups (broad SMARTS) is 1. The number of rotatable bonds is 9. The molecule has 0 saturated heterocycles. The molecular formula is C22H24ClNO7. The zero-order valence-corrected chi connectivity index (χ0v) is 18.1. The molecule has 1 unspecified atom stereocenters. The van der Waals surface area contributed by atoms with Crippen LogP contribution in [0.1, 0.15) is 36.7 Å². The van der Waals surface area contributed by atoms with E-state index in [1.165, 1.54) is 20.8 Å². The minimum atomic E-state index is -1.54. The Morgan fingerprint density at radius 1 is 1.03 bits per heavy atom. The van der Waals surface area contributed by atoms with E-state index in [0.29, 0.717) is 29.3 Å². The Labute approximate surface area is 185 Å². The molecule has 2 aromatic rings. The van der Waals surface area contributed by atoms with E-state index in [9.17, 15) is 14.4 Å². The predicted octanol–water partition coefficient (Wildman–Crippen LogP) is 4.05. The lowest BCUT2D eigenvalue weighted by Gasteiger charge is -2.25. The van der Waals surface area contributed by atoms with Crippen molar-refractivity contribution in [3.63, 3.8) is 0 Å². The smallest absolute Gasteiger partial charge is 0.476 e. The third-order valence-electron chi connectivity index (χ3n) is 4.13. The van der Waals surface area contributed by atoms with E-state index in [1.807, 2.05) is 12.1 Å². The Morgan fingerprint density at radius 3 is 2.23 bits per heavy atom. The monoisotopic (exact) mass is 449 g/mol. The minimum Gasteiger partial charge on any atom is -0.476 e. The van der Waals surface area contributed by atoms with Crippen molar-refractivity contribution >= 4 is 29.6 Å². The Morgan fingerprint density at radius 2 is 1.65 bits per heavy atom. The lowest BCUT2D eigenvalue weighted by atomic mass is 10.1. The Hall–Kier alpha value is -3.26. The molecule has 2 rings (SSSR count). The van der Waals surface area contributed by atoms with Crippen LogP contribution >= 0.6 is 11.6 Å². The number of hydrogen-bond acceptors (Lipinski definition) is 6. The first kappa shape index (κ1) is 24.0. The molecule has 9 heteroatoms. The molecule has 2 aromatic carbocycles. The van der Waals surface area contributed by atoms with E-state index in [2.05, 4.69) is 10.1 Å². The minimum absolute atomic E-state index is 0.182.